The summed E-state index contributed by atoms with van der Waals surface area (Å²) in [4.78, 5) is 10.5. The van der Waals surface area contributed by atoms with Crippen LogP contribution in [0.3, 0.4) is 0 Å². The first-order valence-corrected chi connectivity index (χ1v) is 13.8. The van der Waals surface area contributed by atoms with E-state index < -0.39 is 25.9 Å². The second-order valence-corrected chi connectivity index (χ2v) is 13.8. The third kappa shape index (κ3) is 18.1. The molecule has 0 spiro atoms. The predicted molar refractivity (Wildman–Crippen MR) is 84.0 cm³/mol. The van der Waals surface area contributed by atoms with Gasteiger partial charge in [-0.25, -0.2) is 0 Å². The minimum atomic E-state index is -1.16. The van der Waals surface area contributed by atoms with E-state index in [2.05, 4.69) is 20.8 Å². The summed E-state index contributed by atoms with van der Waals surface area (Å²) in [7, 11) is 2.82. The zero-order chi connectivity index (χ0) is 15.1. The van der Waals surface area contributed by atoms with E-state index in [4.69, 9.17) is 0 Å². The van der Waals surface area contributed by atoms with Gasteiger partial charge in [-0.2, -0.15) is 0 Å². The van der Waals surface area contributed by atoms with Gasteiger partial charge in [0, 0.05) is 14.1 Å². The van der Waals surface area contributed by atoms with E-state index in [1.165, 1.54) is 52.6 Å². The fraction of sp³-hybridized carbons (Fsp3) is 0.933. The van der Waals surface area contributed by atoms with Crippen molar-refractivity contribution in [2.45, 2.75) is 72.6 Å². The first-order valence-electron chi connectivity index (χ1n) is 7.71. The molecule has 0 aliphatic rings. The maximum Gasteiger partial charge on any atom is 0.136 e. The van der Waals surface area contributed by atoms with E-state index >= 15 is 0 Å². The van der Waals surface area contributed by atoms with Crippen molar-refractivity contribution in [2.24, 2.45) is 0 Å². The average Bonchev–Trinajstić information content (AvgIpc) is 2.38. The van der Waals surface area contributed by atoms with Crippen LogP contribution in [0.15, 0.2) is 0 Å². The summed E-state index contributed by atoms with van der Waals surface area (Å²) < 4.78 is 5.04. The van der Waals surface area contributed by atoms with Gasteiger partial charge in [-0.15, -0.1) is 0 Å². The van der Waals surface area contributed by atoms with Crippen molar-refractivity contribution >= 4 is 25.9 Å². The van der Waals surface area contributed by atoms with Crippen molar-refractivity contribution < 1.29 is 9.90 Å². The predicted octanol–water partition coefficient (Wildman–Crippen LogP) is 3.77. The van der Waals surface area contributed by atoms with E-state index in [0.717, 1.165) is 4.90 Å². The molecule has 114 valence electrons. The van der Waals surface area contributed by atoms with Crippen LogP contribution in [0.2, 0.25) is 13.3 Å². The summed E-state index contributed by atoms with van der Waals surface area (Å²) in [5.41, 5.74) is 0. The Hall–Kier alpha value is 0.0687. The molecule has 0 unspecified atom stereocenters. The number of hydrogen-bond donors (Lipinski definition) is 0. The van der Waals surface area contributed by atoms with E-state index in [-0.39, 0.29) is 0 Å². The Kier molecular flexibility index (Phi) is 18.1. The number of hydrogen-bond acceptors (Lipinski definition) is 2. The normalized spacial score (nSPS) is 9.53. The first-order chi connectivity index (χ1) is 8.99. The number of rotatable bonds is 9. The van der Waals surface area contributed by atoms with Crippen molar-refractivity contribution in [3.05, 3.63) is 0 Å². The molecule has 0 N–H and O–H groups in total. The SMILES string of the molecule is CCC[CH2][Sn+]([CH2]CCC)[CH2]CCC.CN(C)C(=O)[O-]. The zero-order valence-corrected chi connectivity index (χ0v) is 16.5. The number of amides is 1. The maximum absolute atomic E-state index is 9.51. The van der Waals surface area contributed by atoms with Gasteiger partial charge in [-0.05, 0) is 0 Å². The molecule has 0 aromatic rings. The van der Waals surface area contributed by atoms with Crippen molar-refractivity contribution in [1.29, 1.82) is 0 Å². The third-order valence-corrected chi connectivity index (χ3v) is 12.1. The van der Waals surface area contributed by atoms with Crippen LogP contribution in [0.4, 0.5) is 4.79 Å². The van der Waals surface area contributed by atoms with Crippen LogP contribution in [0.25, 0.3) is 0 Å². The van der Waals surface area contributed by atoms with Crippen molar-refractivity contribution in [3.8, 4) is 0 Å². The van der Waals surface area contributed by atoms with Crippen LogP contribution >= 0.6 is 0 Å². The van der Waals surface area contributed by atoms with Crippen molar-refractivity contribution in [2.75, 3.05) is 14.1 Å². The third-order valence-electron chi connectivity index (χ3n) is 3.02. The number of carboxylic acid groups (broad SMARTS) is 1. The average molecular weight is 378 g/mol. The summed E-state index contributed by atoms with van der Waals surface area (Å²) in [5, 5.41) is 9.51. The molecule has 0 aliphatic carbocycles. The Bertz CT molecular complexity index is 180. The van der Waals surface area contributed by atoms with Crippen LogP contribution in [-0.4, -0.2) is 44.8 Å². The number of nitrogens with zero attached hydrogens (tertiary/aromatic N) is 1. The fourth-order valence-electron chi connectivity index (χ4n) is 1.66. The molecular formula is C15H33NO2Sn. The van der Waals surface area contributed by atoms with Crippen LogP contribution in [0, 0.1) is 0 Å². The molecule has 0 fully saturated rings. The van der Waals surface area contributed by atoms with Gasteiger partial charge in [0.2, 0.25) is 0 Å². The van der Waals surface area contributed by atoms with E-state index in [1.54, 1.807) is 13.3 Å². The standard InChI is InChI=1S/3C4H9.C3H7NO2.Sn/c3*1-3-4-2;1-4(2)3(5)6;/h3*1,3-4H2,2H3;1-2H3,(H,5,6);/q;;;;+1/p-1. The fourth-order valence-corrected chi connectivity index (χ4v) is 11.1. The Morgan fingerprint density at radius 3 is 1.32 bits per heavy atom. The molecule has 0 bridgehead atoms. The molecule has 0 heterocycles. The van der Waals surface area contributed by atoms with Crippen molar-refractivity contribution in [1.82, 2.24) is 4.90 Å². The molecule has 0 aromatic heterocycles. The molecule has 0 aromatic carbocycles. The van der Waals surface area contributed by atoms with Gasteiger partial charge >= 0.3 is 92.4 Å². The van der Waals surface area contributed by atoms with E-state index in [0.29, 0.717) is 0 Å². The van der Waals surface area contributed by atoms with Crippen molar-refractivity contribution in [3.63, 3.8) is 0 Å². The molecule has 0 saturated heterocycles. The zero-order valence-electron chi connectivity index (χ0n) is 13.6. The Morgan fingerprint density at radius 1 is 0.895 bits per heavy atom. The quantitative estimate of drug-likeness (QED) is 0.574. The smallest absolute Gasteiger partial charge is 0.136 e. The van der Waals surface area contributed by atoms with Gasteiger partial charge < -0.3 is 14.8 Å². The number of carbonyl (C=O) groups is 1. The molecule has 0 atom stereocenters. The van der Waals surface area contributed by atoms with Gasteiger partial charge in [-0.1, -0.05) is 0 Å². The van der Waals surface area contributed by atoms with Crippen LogP contribution < -0.4 is 5.11 Å². The molecule has 0 radical (unpaired) electrons. The molecule has 0 saturated carbocycles. The molecular weight excluding hydrogens is 345 g/mol. The summed E-state index contributed by atoms with van der Waals surface area (Å²) in [5.74, 6) is 0. The van der Waals surface area contributed by atoms with Gasteiger partial charge in [0.15, 0.2) is 0 Å². The topological polar surface area (TPSA) is 43.4 Å². The second kappa shape index (κ2) is 16.1. The van der Waals surface area contributed by atoms with Gasteiger partial charge in [0.1, 0.15) is 6.09 Å². The monoisotopic (exact) mass is 379 g/mol. The Labute approximate surface area is 127 Å². The maximum atomic E-state index is 9.51. The Balaban J connectivity index is 0. The molecule has 19 heavy (non-hydrogen) atoms. The second-order valence-electron chi connectivity index (χ2n) is 5.22. The molecule has 3 nitrogen and oxygen atoms in total. The summed E-state index contributed by atoms with van der Waals surface area (Å²) in [6, 6.07) is 0. The summed E-state index contributed by atoms with van der Waals surface area (Å²) >= 11 is -0.839. The van der Waals surface area contributed by atoms with Gasteiger partial charge in [-0.3, -0.25) is 0 Å². The largest absolute Gasteiger partial charge is 0.530 e. The van der Waals surface area contributed by atoms with Crippen LogP contribution in [-0.2, 0) is 0 Å². The van der Waals surface area contributed by atoms with Crippen LogP contribution in [0.5, 0.6) is 0 Å². The molecule has 0 aliphatic heterocycles. The Morgan fingerprint density at radius 2 is 1.16 bits per heavy atom. The first kappa shape index (κ1) is 21.4. The van der Waals surface area contributed by atoms with Gasteiger partial charge in [0.05, 0.1) is 0 Å². The van der Waals surface area contributed by atoms with E-state index in [1.807, 2.05) is 0 Å². The van der Waals surface area contributed by atoms with E-state index in [9.17, 15) is 9.90 Å². The van der Waals surface area contributed by atoms with Gasteiger partial charge in [0.25, 0.3) is 0 Å². The molecule has 0 rings (SSSR count). The number of carbonyl (C=O) groups excluding carboxylic acids is 1. The summed E-state index contributed by atoms with van der Waals surface area (Å²) in [6.07, 6.45) is 7.69. The minimum Gasteiger partial charge on any atom is -0.530 e. The molecule has 4 heteroatoms. The number of unbranched alkanes of at least 4 members (excludes halogenated alkanes) is 3. The molecule has 1 amide bonds. The minimum absolute atomic E-state index is 0.839. The van der Waals surface area contributed by atoms with Crippen LogP contribution in [0.1, 0.15) is 59.3 Å². The summed E-state index contributed by atoms with van der Waals surface area (Å²) in [6.45, 7) is 7.00.